The van der Waals surface area contributed by atoms with E-state index < -0.39 is 10.0 Å². The van der Waals surface area contributed by atoms with E-state index in [9.17, 15) is 8.42 Å². The number of hydrogen-bond acceptors (Lipinski definition) is 7. The van der Waals surface area contributed by atoms with E-state index in [1.54, 1.807) is 18.3 Å². The third-order valence-corrected chi connectivity index (χ3v) is 7.97. The molecule has 10 heteroatoms. The first-order chi connectivity index (χ1) is 16.5. The maximum atomic E-state index is 12.6. The van der Waals surface area contributed by atoms with Gasteiger partial charge in [0.05, 0.1) is 23.2 Å². The summed E-state index contributed by atoms with van der Waals surface area (Å²) in [4.78, 5) is 6.76. The van der Waals surface area contributed by atoms with E-state index in [4.69, 9.17) is 5.10 Å². The fourth-order valence-electron chi connectivity index (χ4n) is 4.14. The number of anilines is 2. The molecule has 0 atom stereocenters. The second kappa shape index (κ2) is 10.4. The van der Waals surface area contributed by atoms with Crippen LogP contribution >= 0.6 is 0 Å². The highest BCUT2D eigenvalue weighted by atomic mass is 32.2. The molecule has 3 aromatic rings. The fraction of sp³-hybridized carbons (Fsp3) is 0.375. The van der Waals surface area contributed by atoms with Crippen LogP contribution in [0.4, 0.5) is 11.6 Å². The number of aryl methyl sites for hydroxylation is 1. The molecule has 9 nitrogen and oxygen atoms in total. The Kier molecular flexibility index (Phi) is 7.28. The molecule has 0 radical (unpaired) electrons. The van der Waals surface area contributed by atoms with Crippen LogP contribution in [0.15, 0.2) is 58.7 Å². The van der Waals surface area contributed by atoms with Crippen LogP contribution < -0.4 is 10.3 Å². The molecule has 3 heterocycles. The smallest absolute Gasteiger partial charge is 0.244 e. The van der Waals surface area contributed by atoms with E-state index in [2.05, 4.69) is 20.4 Å². The number of para-hydroxylation sites is 1. The van der Waals surface area contributed by atoms with Gasteiger partial charge in [-0.15, -0.1) is 0 Å². The van der Waals surface area contributed by atoms with Gasteiger partial charge < -0.3 is 4.90 Å². The van der Waals surface area contributed by atoms with Gasteiger partial charge in [-0.25, -0.2) is 18.1 Å². The molecule has 1 saturated heterocycles. The summed E-state index contributed by atoms with van der Waals surface area (Å²) in [6.07, 6.45) is 5.43. The second-order valence-corrected chi connectivity index (χ2v) is 10.0. The number of nitrogens with one attached hydrogen (secondary N) is 1. The van der Waals surface area contributed by atoms with Crippen LogP contribution in [0.1, 0.15) is 37.9 Å². The Morgan fingerprint density at radius 1 is 1.09 bits per heavy atom. The van der Waals surface area contributed by atoms with Gasteiger partial charge in [-0.2, -0.15) is 14.5 Å². The SMILES string of the molecule is CCN(CC)S(=O)(=O)c1ccc(NN=Cc2c(C)nn(-c3ccccc3)c2N2CCCC2)nc1. The lowest BCUT2D eigenvalue weighted by molar-refractivity contribution is 0.445. The molecule has 1 aliphatic heterocycles. The third-order valence-electron chi connectivity index (χ3n) is 5.94. The quantitative estimate of drug-likeness (QED) is 0.370. The number of hydrogen-bond donors (Lipinski definition) is 1. The maximum Gasteiger partial charge on any atom is 0.244 e. The average molecular weight is 482 g/mol. The van der Waals surface area contributed by atoms with Gasteiger partial charge in [0.25, 0.3) is 0 Å². The fourth-order valence-corrected chi connectivity index (χ4v) is 5.54. The van der Waals surface area contributed by atoms with E-state index in [1.807, 2.05) is 55.8 Å². The van der Waals surface area contributed by atoms with Crippen LogP contribution in [-0.4, -0.2) is 59.9 Å². The lowest BCUT2D eigenvalue weighted by atomic mass is 10.2. The Bertz CT molecular complexity index is 1230. The predicted molar refractivity (Wildman–Crippen MR) is 135 cm³/mol. The van der Waals surface area contributed by atoms with Crippen molar-refractivity contribution in [3.8, 4) is 5.69 Å². The number of pyridine rings is 1. The van der Waals surface area contributed by atoms with Crippen LogP contribution in [0.3, 0.4) is 0 Å². The molecule has 1 aromatic carbocycles. The van der Waals surface area contributed by atoms with Gasteiger partial charge >= 0.3 is 0 Å². The lowest BCUT2D eigenvalue weighted by Gasteiger charge is -2.20. The van der Waals surface area contributed by atoms with Gasteiger partial charge in [0.2, 0.25) is 10.0 Å². The second-order valence-electron chi connectivity index (χ2n) is 8.10. The van der Waals surface area contributed by atoms with Gasteiger partial charge in [-0.3, -0.25) is 5.43 Å². The van der Waals surface area contributed by atoms with E-state index in [0.717, 1.165) is 48.7 Å². The van der Waals surface area contributed by atoms with Gasteiger partial charge in [0.15, 0.2) is 0 Å². The lowest BCUT2D eigenvalue weighted by Crippen LogP contribution is -2.30. The molecule has 0 aliphatic carbocycles. The highest BCUT2D eigenvalue weighted by Crippen LogP contribution is 2.29. The Hall–Kier alpha value is -3.24. The first kappa shape index (κ1) is 23.9. The number of sulfonamides is 1. The van der Waals surface area contributed by atoms with Gasteiger partial charge in [0, 0.05) is 32.4 Å². The van der Waals surface area contributed by atoms with Crippen LogP contribution in [0.5, 0.6) is 0 Å². The summed E-state index contributed by atoms with van der Waals surface area (Å²) in [6, 6.07) is 13.3. The van der Waals surface area contributed by atoms with Crippen molar-refractivity contribution < 1.29 is 8.42 Å². The summed E-state index contributed by atoms with van der Waals surface area (Å²) >= 11 is 0. The third kappa shape index (κ3) is 4.83. The molecule has 0 spiro atoms. The molecular formula is C24H31N7O2S. The molecule has 180 valence electrons. The van der Waals surface area contributed by atoms with Crippen molar-refractivity contribution in [3.05, 3.63) is 59.9 Å². The van der Waals surface area contributed by atoms with Crippen LogP contribution in [-0.2, 0) is 10.0 Å². The zero-order chi connectivity index (χ0) is 24.1. The van der Waals surface area contributed by atoms with Crippen molar-refractivity contribution in [1.29, 1.82) is 0 Å². The molecule has 2 aromatic heterocycles. The molecular weight excluding hydrogens is 450 g/mol. The van der Waals surface area contributed by atoms with Crippen molar-refractivity contribution >= 4 is 27.9 Å². The first-order valence-electron chi connectivity index (χ1n) is 11.6. The highest BCUT2D eigenvalue weighted by Gasteiger charge is 2.24. The molecule has 1 aliphatic rings. The van der Waals surface area contributed by atoms with E-state index in [0.29, 0.717) is 18.9 Å². The molecule has 4 rings (SSSR count). The van der Waals surface area contributed by atoms with Crippen LogP contribution in [0.2, 0.25) is 0 Å². The monoisotopic (exact) mass is 481 g/mol. The number of aromatic nitrogens is 3. The first-order valence-corrected chi connectivity index (χ1v) is 13.0. The maximum absolute atomic E-state index is 12.6. The van der Waals surface area contributed by atoms with Gasteiger partial charge in [-0.1, -0.05) is 32.0 Å². The summed E-state index contributed by atoms with van der Waals surface area (Å²) in [5, 5.41) is 9.18. The molecule has 34 heavy (non-hydrogen) atoms. The Morgan fingerprint density at radius 2 is 1.79 bits per heavy atom. The minimum atomic E-state index is -3.54. The topological polar surface area (TPSA) is 95.7 Å². The minimum absolute atomic E-state index is 0.169. The summed E-state index contributed by atoms with van der Waals surface area (Å²) in [6.45, 7) is 8.41. The Labute approximate surface area is 201 Å². The molecule has 0 bridgehead atoms. The van der Waals surface area contributed by atoms with Crippen molar-refractivity contribution in [2.75, 3.05) is 36.5 Å². The van der Waals surface area contributed by atoms with Gasteiger partial charge in [0.1, 0.15) is 16.5 Å². The Balaban J connectivity index is 1.57. The normalized spacial score (nSPS) is 14.4. The van der Waals surface area contributed by atoms with Crippen molar-refractivity contribution in [2.24, 2.45) is 5.10 Å². The molecule has 0 amide bonds. The zero-order valence-corrected chi connectivity index (χ0v) is 20.7. The van der Waals surface area contributed by atoms with E-state index in [1.165, 1.54) is 10.5 Å². The standard InChI is InChI=1S/C24H31N7O2S/c1-4-30(5-2)34(32,33)21-13-14-23(25-17-21)27-26-18-22-19(3)28-31(20-11-7-6-8-12-20)24(22)29-15-9-10-16-29/h6-8,11-14,17-18H,4-5,9-10,15-16H2,1-3H3,(H,25,27). The van der Waals surface area contributed by atoms with E-state index in [-0.39, 0.29) is 4.90 Å². The number of hydrazone groups is 1. The summed E-state index contributed by atoms with van der Waals surface area (Å²) in [5.74, 6) is 1.49. The van der Waals surface area contributed by atoms with Crippen molar-refractivity contribution in [1.82, 2.24) is 19.1 Å². The Morgan fingerprint density at radius 3 is 2.41 bits per heavy atom. The predicted octanol–water partition coefficient (Wildman–Crippen LogP) is 3.65. The largest absolute Gasteiger partial charge is 0.356 e. The summed E-state index contributed by atoms with van der Waals surface area (Å²) in [5.41, 5.74) is 5.75. The minimum Gasteiger partial charge on any atom is -0.356 e. The summed E-state index contributed by atoms with van der Waals surface area (Å²) < 4.78 is 28.7. The number of rotatable bonds is 9. The van der Waals surface area contributed by atoms with Gasteiger partial charge in [-0.05, 0) is 44.0 Å². The molecule has 1 fully saturated rings. The van der Waals surface area contributed by atoms with Crippen LogP contribution in [0, 0.1) is 6.92 Å². The molecule has 1 N–H and O–H groups in total. The average Bonchev–Trinajstić information content (AvgIpc) is 3.49. The molecule has 0 saturated carbocycles. The van der Waals surface area contributed by atoms with Crippen molar-refractivity contribution in [2.45, 2.75) is 38.5 Å². The number of benzene rings is 1. The zero-order valence-electron chi connectivity index (χ0n) is 19.8. The van der Waals surface area contributed by atoms with Crippen molar-refractivity contribution in [3.63, 3.8) is 0 Å². The highest BCUT2D eigenvalue weighted by molar-refractivity contribution is 7.89. The van der Waals surface area contributed by atoms with E-state index >= 15 is 0 Å². The molecule has 0 unspecified atom stereocenters. The van der Waals surface area contributed by atoms with Crippen LogP contribution in [0.25, 0.3) is 5.69 Å². The number of nitrogens with zero attached hydrogens (tertiary/aromatic N) is 6. The summed E-state index contributed by atoms with van der Waals surface area (Å²) in [7, 11) is -3.54.